The van der Waals surface area contributed by atoms with Gasteiger partial charge in [0.2, 0.25) is 0 Å². The number of carbonyl (C=O) groups excluding carboxylic acids is 1. The second kappa shape index (κ2) is 5.89. The first kappa shape index (κ1) is 13.5. The number of nitrogens with zero attached hydrogens (tertiary/aromatic N) is 1. The number of hydrogen-bond donors (Lipinski definition) is 0. The van der Waals surface area contributed by atoms with Gasteiger partial charge in [-0.2, -0.15) is 0 Å². The molecule has 0 aliphatic carbocycles. The second-order valence-corrected chi connectivity index (χ2v) is 5.25. The molecule has 3 rings (SSSR count). The molecular formula is C15H18FNO3. The molecule has 5 heteroatoms. The van der Waals surface area contributed by atoms with Crippen LogP contribution in [-0.2, 0) is 9.47 Å². The van der Waals surface area contributed by atoms with Crippen molar-refractivity contribution in [2.45, 2.75) is 19.1 Å². The first-order chi connectivity index (χ1) is 9.74. The molecule has 0 N–H and O–H groups in total. The molecule has 2 saturated heterocycles. The zero-order valence-electron chi connectivity index (χ0n) is 11.3. The topological polar surface area (TPSA) is 38.8 Å². The van der Waals surface area contributed by atoms with Gasteiger partial charge in [0.15, 0.2) is 6.29 Å². The van der Waals surface area contributed by atoms with Crippen LogP contribution in [0.2, 0.25) is 0 Å². The molecule has 0 unspecified atom stereocenters. The zero-order chi connectivity index (χ0) is 13.9. The van der Waals surface area contributed by atoms with Gasteiger partial charge < -0.3 is 14.4 Å². The maximum atomic E-state index is 12.9. The van der Waals surface area contributed by atoms with Crippen molar-refractivity contribution in [3.63, 3.8) is 0 Å². The standard InChI is InChI=1S/C15H18FNO3/c16-13-3-1-11(2-4-13)14(18)17-7-5-12(6-8-17)15-19-9-10-20-15/h1-4,12,15H,5-10H2. The minimum atomic E-state index is -0.323. The number of piperidine rings is 1. The lowest BCUT2D eigenvalue weighted by molar-refractivity contribution is -0.0956. The molecule has 0 atom stereocenters. The van der Waals surface area contributed by atoms with E-state index in [2.05, 4.69) is 0 Å². The van der Waals surface area contributed by atoms with Crippen LogP contribution < -0.4 is 0 Å². The normalized spacial score (nSPS) is 21.4. The Morgan fingerprint density at radius 3 is 2.30 bits per heavy atom. The van der Waals surface area contributed by atoms with Crippen molar-refractivity contribution < 1.29 is 18.7 Å². The van der Waals surface area contributed by atoms with Gasteiger partial charge in [0.05, 0.1) is 13.2 Å². The van der Waals surface area contributed by atoms with Gasteiger partial charge in [-0.15, -0.1) is 0 Å². The van der Waals surface area contributed by atoms with E-state index >= 15 is 0 Å². The molecule has 20 heavy (non-hydrogen) atoms. The Balaban J connectivity index is 1.57. The number of ether oxygens (including phenoxy) is 2. The fourth-order valence-corrected chi connectivity index (χ4v) is 2.80. The minimum absolute atomic E-state index is 0.0308. The summed E-state index contributed by atoms with van der Waals surface area (Å²) in [6.07, 6.45) is 1.67. The Morgan fingerprint density at radius 1 is 1.10 bits per heavy atom. The minimum Gasteiger partial charge on any atom is -0.350 e. The number of amides is 1. The highest BCUT2D eigenvalue weighted by Crippen LogP contribution is 2.26. The fourth-order valence-electron chi connectivity index (χ4n) is 2.80. The van der Waals surface area contributed by atoms with Crippen LogP contribution in [0.4, 0.5) is 4.39 Å². The number of hydrogen-bond acceptors (Lipinski definition) is 3. The van der Waals surface area contributed by atoms with Gasteiger partial charge in [0.1, 0.15) is 5.82 Å². The average molecular weight is 279 g/mol. The SMILES string of the molecule is O=C(c1ccc(F)cc1)N1CCC(C2OCCO2)CC1. The van der Waals surface area contributed by atoms with E-state index in [9.17, 15) is 9.18 Å². The van der Waals surface area contributed by atoms with E-state index in [1.54, 1.807) is 0 Å². The zero-order valence-corrected chi connectivity index (χ0v) is 11.3. The van der Waals surface area contributed by atoms with Crippen molar-refractivity contribution in [2.75, 3.05) is 26.3 Å². The molecule has 0 radical (unpaired) electrons. The quantitative estimate of drug-likeness (QED) is 0.831. The van der Waals surface area contributed by atoms with Crippen LogP contribution in [-0.4, -0.2) is 43.4 Å². The highest BCUT2D eigenvalue weighted by atomic mass is 19.1. The summed E-state index contributed by atoms with van der Waals surface area (Å²) in [5.74, 6) is 0.0160. The number of halogens is 1. The number of rotatable bonds is 2. The molecule has 2 aliphatic heterocycles. The second-order valence-electron chi connectivity index (χ2n) is 5.25. The molecule has 2 heterocycles. The number of likely N-dealkylation sites (tertiary alicyclic amines) is 1. The molecule has 0 saturated carbocycles. The Morgan fingerprint density at radius 2 is 1.70 bits per heavy atom. The molecule has 108 valence electrons. The summed E-state index contributed by atoms with van der Waals surface area (Å²) in [4.78, 5) is 14.1. The van der Waals surface area contributed by atoms with E-state index in [-0.39, 0.29) is 18.0 Å². The van der Waals surface area contributed by atoms with Gasteiger partial charge in [-0.1, -0.05) is 0 Å². The summed E-state index contributed by atoms with van der Waals surface area (Å²) >= 11 is 0. The highest BCUT2D eigenvalue weighted by molar-refractivity contribution is 5.94. The van der Waals surface area contributed by atoms with E-state index in [1.807, 2.05) is 4.90 Å². The lowest BCUT2D eigenvalue weighted by Gasteiger charge is -2.33. The van der Waals surface area contributed by atoms with Crippen LogP contribution >= 0.6 is 0 Å². The van der Waals surface area contributed by atoms with Crippen molar-refractivity contribution >= 4 is 5.91 Å². The predicted octanol–water partition coefficient (Wildman–Crippen LogP) is 2.05. The Hall–Kier alpha value is -1.46. The van der Waals surface area contributed by atoms with Gasteiger partial charge in [0.25, 0.3) is 5.91 Å². The molecule has 2 fully saturated rings. The van der Waals surface area contributed by atoms with Crippen molar-refractivity contribution in [1.29, 1.82) is 0 Å². The Bertz CT molecular complexity index is 463. The first-order valence-electron chi connectivity index (χ1n) is 7.02. The highest BCUT2D eigenvalue weighted by Gasteiger charge is 2.31. The van der Waals surface area contributed by atoms with Crippen LogP contribution in [0, 0.1) is 11.7 Å². The molecule has 1 aromatic rings. The van der Waals surface area contributed by atoms with E-state index in [1.165, 1.54) is 24.3 Å². The lowest BCUT2D eigenvalue weighted by Crippen LogP contribution is -2.41. The van der Waals surface area contributed by atoms with Crippen molar-refractivity contribution in [3.8, 4) is 0 Å². The van der Waals surface area contributed by atoms with Crippen LogP contribution in [0.5, 0.6) is 0 Å². The van der Waals surface area contributed by atoms with Gasteiger partial charge in [-0.3, -0.25) is 4.79 Å². The van der Waals surface area contributed by atoms with Crippen molar-refractivity contribution in [3.05, 3.63) is 35.6 Å². The monoisotopic (exact) mass is 279 g/mol. The number of carbonyl (C=O) groups is 1. The molecule has 1 aromatic carbocycles. The summed E-state index contributed by atoms with van der Waals surface area (Å²) in [6.45, 7) is 2.73. The van der Waals surface area contributed by atoms with Gasteiger partial charge >= 0.3 is 0 Å². The third-order valence-electron chi connectivity index (χ3n) is 3.95. The van der Waals surface area contributed by atoms with Gasteiger partial charge in [-0.25, -0.2) is 4.39 Å². The maximum absolute atomic E-state index is 12.9. The summed E-state index contributed by atoms with van der Waals surface area (Å²) in [5.41, 5.74) is 0.540. The maximum Gasteiger partial charge on any atom is 0.253 e. The fraction of sp³-hybridized carbons (Fsp3) is 0.533. The van der Waals surface area contributed by atoms with E-state index < -0.39 is 0 Å². The van der Waals surface area contributed by atoms with Crippen LogP contribution in [0.25, 0.3) is 0 Å². The number of benzene rings is 1. The molecule has 2 aliphatic rings. The molecule has 0 bridgehead atoms. The van der Waals surface area contributed by atoms with Crippen molar-refractivity contribution in [2.24, 2.45) is 5.92 Å². The first-order valence-corrected chi connectivity index (χ1v) is 7.02. The van der Waals surface area contributed by atoms with E-state index in [0.717, 1.165) is 12.8 Å². The third kappa shape index (κ3) is 2.83. The largest absolute Gasteiger partial charge is 0.350 e. The summed E-state index contributed by atoms with van der Waals surface area (Å²) in [6, 6.07) is 5.71. The smallest absolute Gasteiger partial charge is 0.253 e. The molecule has 0 spiro atoms. The predicted molar refractivity (Wildman–Crippen MR) is 70.7 cm³/mol. The molecule has 4 nitrogen and oxygen atoms in total. The molecule has 0 aromatic heterocycles. The van der Waals surface area contributed by atoms with Crippen LogP contribution in [0.1, 0.15) is 23.2 Å². The van der Waals surface area contributed by atoms with Crippen molar-refractivity contribution in [1.82, 2.24) is 4.90 Å². The molecule has 1 amide bonds. The third-order valence-corrected chi connectivity index (χ3v) is 3.95. The Kier molecular flexibility index (Phi) is 3.98. The van der Waals surface area contributed by atoms with E-state index in [4.69, 9.17) is 9.47 Å². The van der Waals surface area contributed by atoms with E-state index in [0.29, 0.717) is 37.8 Å². The summed E-state index contributed by atoms with van der Waals surface area (Å²) in [7, 11) is 0. The Labute approximate surface area is 117 Å². The average Bonchev–Trinajstić information content (AvgIpc) is 3.02. The van der Waals surface area contributed by atoms with Gasteiger partial charge in [0, 0.05) is 24.6 Å². The summed E-state index contributed by atoms with van der Waals surface area (Å²) < 4.78 is 23.9. The molecular weight excluding hydrogens is 261 g/mol. The summed E-state index contributed by atoms with van der Waals surface area (Å²) in [5, 5.41) is 0. The van der Waals surface area contributed by atoms with Gasteiger partial charge in [-0.05, 0) is 37.1 Å². The van der Waals surface area contributed by atoms with Crippen LogP contribution in [0.3, 0.4) is 0 Å². The lowest BCUT2D eigenvalue weighted by atomic mass is 9.95. The van der Waals surface area contributed by atoms with Crippen LogP contribution in [0.15, 0.2) is 24.3 Å².